The smallest absolute Gasteiger partial charge is 0.115 e. The molecule has 0 aliphatic carbocycles. The predicted octanol–water partition coefficient (Wildman–Crippen LogP) is 5.54. The molecule has 2 aliphatic rings. The Morgan fingerprint density at radius 2 is 1.62 bits per heavy atom. The lowest BCUT2D eigenvalue weighted by Gasteiger charge is -2.53. The Hall–Kier alpha value is -2.62. The van der Waals surface area contributed by atoms with Crippen molar-refractivity contribution in [3.63, 3.8) is 0 Å². The quantitative estimate of drug-likeness (QED) is 0.593. The van der Waals surface area contributed by atoms with Crippen molar-refractivity contribution in [2.45, 2.75) is 38.3 Å². The van der Waals surface area contributed by atoms with E-state index in [1.165, 1.54) is 22.3 Å². The van der Waals surface area contributed by atoms with Crippen LogP contribution in [-0.4, -0.2) is 47.1 Å². The molecule has 0 spiro atoms. The molecule has 0 amide bonds. The number of aromatic hydroxyl groups is 1. The van der Waals surface area contributed by atoms with Gasteiger partial charge in [-0.3, -0.25) is 9.80 Å². The highest BCUT2D eigenvalue weighted by Crippen LogP contribution is 2.43. The summed E-state index contributed by atoms with van der Waals surface area (Å²) in [5.74, 6) is 0.945. The van der Waals surface area contributed by atoms with Gasteiger partial charge < -0.3 is 5.11 Å². The van der Waals surface area contributed by atoms with E-state index in [1.807, 2.05) is 12.1 Å². The average Bonchev–Trinajstić information content (AvgIpc) is 2.81. The van der Waals surface area contributed by atoms with E-state index in [2.05, 4.69) is 84.3 Å². The standard InChI is InChI=1S/C29H34N2O/c1-22-19-31-16-15-30(20-23-11-13-25(14-12-23)24-7-4-3-5-8-24)21-27(31)18-29(22,2)26-9-6-10-28(32)17-26/h3-14,17,22,27,32H,15-16,18-21H2,1-2H3/t22-,27+,29?/m0/s1. The summed E-state index contributed by atoms with van der Waals surface area (Å²) < 4.78 is 0. The first kappa shape index (κ1) is 21.2. The van der Waals surface area contributed by atoms with Crippen LogP contribution in [0.2, 0.25) is 0 Å². The number of benzene rings is 3. The van der Waals surface area contributed by atoms with Crippen molar-refractivity contribution in [1.29, 1.82) is 0 Å². The van der Waals surface area contributed by atoms with E-state index in [0.29, 0.717) is 17.7 Å². The van der Waals surface area contributed by atoms with Gasteiger partial charge in [-0.1, -0.05) is 80.6 Å². The molecule has 2 fully saturated rings. The first-order chi connectivity index (χ1) is 15.5. The Kier molecular flexibility index (Phi) is 5.79. The molecule has 2 saturated heterocycles. The van der Waals surface area contributed by atoms with Crippen molar-refractivity contribution in [2.24, 2.45) is 5.92 Å². The van der Waals surface area contributed by atoms with Crippen molar-refractivity contribution < 1.29 is 5.11 Å². The highest BCUT2D eigenvalue weighted by Gasteiger charge is 2.44. The molecule has 0 bridgehead atoms. The SMILES string of the molecule is C[C@H]1CN2CCN(Cc3ccc(-c4ccccc4)cc3)C[C@H]2CC1(C)c1cccc(O)c1. The van der Waals surface area contributed by atoms with Crippen LogP contribution in [0.5, 0.6) is 5.75 Å². The zero-order valence-electron chi connectivity index (χ0n) is 19.2. The third kappa shape index (κ3) is 4.20. The normalized spacial score (nSPS) is 26.6. The summed E-state index contributed by atoms with van der Waals surface area (Å²) in [7, 11) is 0. The van der Waals surface area contributed by atoms with Gasteiger partial charge in [0.1, 0.15) is 5.75 Å². The van der Waals surface area contributed by atoms with Crippen LogP contribution in [0.4, 0.5) is 0 Å². The van der Waals surface area contributed by atoms with Crippen molar-refractivity contribution in [3.05, 3.63) is 90.0 Å². The van der Waals surface area contributed by atoms with Crippen LogP contribution in [-0.2, 0) is 12.0 Å². The molecular weight excluding hydrogens is 392 g/mol. The van der Waals surface area contributed by atoms with Gasteiger partial charge in [-0.05, 0) is 52.1 Å². The summed E-state index contributed by atoms with van der Waals surface area (Å²) in [6.07, 6.45) is 1.14. The summed E-state index contributed by atoms with van der Waals surface area (Å²) in [6.45, 7) is 10.3. The number of hydrogen-bond donors (Lipinski definition) is 1. The van der Waals surface area contributed by atoms with Crippen LogP contribution in [0.3, 0.4) is 0 Å². The highest BCUT2D eigenvalue weighted by atomic mass is 16.3. The number of nitrogens with zero attached hydrogens (tertiary/aromatic N) is 2. The van der Waals surface area contributed by atoms with Gasteiger partial charge in [0.15, 0.2) is 0 Å². The maximum atomic E-state index is 10.1. The third-order valence-electron chi connectivity index (χ3n) is 7.92. The van der Waals surface area contributed by atoms with Gasteiger partial charge in [-0.25, -0.2) is 0 Å². The lowest BCUT2D eigenvalue weighted by molar-refractivity contribution is -0.00557. The molecule has 1 unspecified atom stereocenters. The number of fused-ring (bicyclic) bond motifs is 1. The molecule has 3 aromatic rings. The van der Waals surface area contributed by atoms with E-state index in [-0.39, 0.29) is 5.41 Å². The maximum Gasteiger partial charge on any atom is 0.115 e. The van der Waals surface area contributed by atoms with Crippen LogP contribution >= 0.6 is 0 Å². The zero-order valence-corrected chi connectivity index (χ0v) is 19.2. The highest BCUT2D eigenvalue weighted by molar-refractivity contribution is 5.63. The van der Waals surface area contributed by atoms with E-state index >= 15 is 0 Å². The molecule has 32 heavy (non-hydrogen) atoms. The van der Waals surface area contributed by atoms with Crippen molar-refractivity contribution in [1.82, 2.24) is 9.80 Å². The molecule has 2 aliphatic heterocycles. The Morgan fingerprint density at radius 1 is 0.875 bits per heavy atom. The number of phenolic OH excluding ortho intramolecular Hbond substituents is 1. The van der Waals surface area contributed by atoms with Crippen LogP contribution in [0.15, 0.2) is 78.9 Å². The molecular formula is C29H34N2O. The molecule has 3 nitrogen and oxygen atoms in total. The second kappa shape index (κ2) is 8.73. The van der Waals surface area contributed by atoms with Crippen molar-refractivity contribution in [3.8, 4) is 16.9 Å². The van der Waals surface area contributed by atoms with E-state index < -0.39 is 0 Å². The van der Waals surface area contributed by atoms with E-state index in [9.17, 15) is 5.11 Å². The fraction of sp³-hybridized carbons (Fsp3) is 0.379. The van der Waals surface area contributed by atoms with E-state index in [1.54, 1.807) is 6.07 Å². The second-order valence-corrected chi connectivity index (χ2v) is 10.0. The van der Waals surface area contributed by atoms with Crippen molar-refractivity contribution in [2.75, 3.05) is 26.2 Å². The Labute approximate surface area is 192 Å². The fourth-order valence-electron chi connectivity index (χ4n) is 5.73. The number of piperazine rings is 1. The van der Waals surface area contributed by atoms with Crippen LogP contribution in [0.25, 0.3) is 11.1 Å². The lowest BCUT2D eigenvalue weighted by Crippen LogP contribution is -2.60. The topological polar surface area (TPSA) is 26.7 Å². The molecule has 2 heterocycles. The average molecular weight is 427 g/mol. The molecule has 3 heteroatoms. The van der Waals surface area contributed by atoms with Crippen LogP contribution in [0, 0.1) is 5.92 Å². The van der Waals surface area contributed by atoms with Gasteiger partial charge in [0.2, 0.25) is 0 Å². The molecule has 3 atom stereocenters. The molecule has 5 rings (SSSR count). The second-order valence-electron chi connectivity index (χ2n) is 10.0. The predicted molar refractivity (Wildman–Crippen MR) is 132 cm³/mol. The molecule has 0 saturated carbocycles. The largest absolute Gasteiger partial charge is 0.508 e. The summed E-state index contributed by atoms with van der Waals surface area (Å²) >= 11 is 0. The minimum Gasteiger partial charge on any atom is -0.508 e. The number of phenols is 1. The van der Waals surface area contributed by atoms with E-state index in [0.717, 1.165) is 39.1 Å². The summed E-state index contributed by atoms with van der Waals surface area (Å²) in [6, 6.07) is 28.2. The minimum absolute atomic E-state index is 0.0975. The van der Waals surface area contributed by atoms with Gasteiger partial charge in [-0.15, -0.1) is 0 Å². The Balaban J connectivity index is 1.27. The van der Waals surface area contributed by atoms with Crippen LogP contribution in [0.1, 0.15) is 31.4 Å². The number of piperidine rings is 1. The molecule has 0 radical (unpaired) electrons. The number of hydrogen-bond acceptors (Lipinski definition) is 3. The molecule has 0 aromatic heterocycles. The summed E-state index contributed by atoms with van der Waals surface area (Å²) in [5, 5.41) is 10.1. The first-order valence-corrected chi connectivity index (χ1v) is 11.9. The third-order valence-corrected chi connectivity index (χ3v) is 7.92. The van der Waals surface area contributed by atoms with Gasteiger partial charge >= 0.3 is 0 Å². The monoisotopic (exact) mass is 426 g/mol. The van der Waals surface area contributed by atoms with Gasteiger partial charge in [0, 0.05) is 38.8 Å². The van der Waals surface area contributed by atoms with Gasteiger partial charge in [0.05, 0.1) is 0 Å². The first-order valence-electron chi connectivity index (χ1n) is 11.9. The number of rotatable bonds is 4. The van der Waals surface area contributed by atoms with Gasteiger partial charge in [-0.2, -0.15) is 0 Å². The maximum absolute atomic E-state index is 10.1. The molecule has 3 aromatic carbocycles. The summed E-state index contributed by atoms with van der Waals surface area (Å²) in [5.41, 5.74) is 5.31. The molecule has 1 N–H and O–H groups in total. The van der Waals surface area contributed by atoms with Gasteiger partial charge in [0.25, 0.3) is 0 Å². The van der Waals surface area contributed by atoms with Crippen molar-refractivity contribution >= 4 is 0 Å². The Morgan fingerprint density at radius 3 is 2.38 bits per heavy atom. The summed E-state index contributed by atoms with van der Waals surface area (Å²) in [4.78, 5) is 5.32. The van der Waals surface area contributed by atoms with Crippen LogP contribution < -0.4 is 0 Å². The minimum atomic E-state index is 0.0975. The fourth-order valence-corrected chi connectivity index (χ4v) is 5.73. The Bertz CT molecular complexity index is 1050. The lowest BCUT2D eigenvalue weighted by atomic mass is 9.65. The zero-order chi connectivity index (χ0) is 22.1. The van der Waals surface area contributed by atoms with E-state index in [4.69, 9.17) is 0 Å². The molecule has 166 valence electrons.